The Hall–Kier alpha value is -2.44. The molecule has 0 saturated carbocycles. The quantitative estimate of drug-likeness (QED) is 0.742. The van der Waals surface area contributed by atoms with Gasteiger partial charge in [-0.3, -0.25) is 4.79 Å². The summed E-state index contributed by atoms with van der Waals surface area (Å²) in [4.78, 5) is 34.2. The highest BCUT2D eigenvalue weighted by molar-refractivity contribution is 6.05. The van der Waals surface area contributed by atoms with Crippen LogP contribution in [-0.4, -0.2) is 34.1 Å². The summed E-state index contributed by atoms with van der Waals surface area (Å²) in [5.41, 5.74) is -1.18. The van der Waals surface area contributed by atoms with Crippen molar-refractivity contribution in [3.63, 3.8) is 0 Å². The van der Waals surface area contributed by atoms with Crippen LogP contribution in [0.2, 0.25) is 0 Å². The number of carbonyl (C=O) groups excluding carboxylic acids is 1. The molecule has 0 fully saturated rings. The van der Waals surface area contributed by atoms with E-state index in [4.69, 9.17) is 10.2 Å². The first-order valence-corrected chi connectivity index (χ1v) is 6.35. The van der Waals surface area contributed by atoms with E-state index in [1.807, 2.05) is 0 Å². The van der Waals surface area contributed by atoms with Gasteiger partial charge in [-0.25, -0.2) is 14.0 Å². The molecule has 6 nitrogen and oxygen atoms in total. The van der Waals surface area contributed by atoms with Crippen LogP contribution in [0.1, 0.15) is 41.0 Å². The standard InChI is InChI=1S/C14H16FNO5/c1-3-7(2)11(14(20)21)16-12(17)8-5-4-6-9(15)10(8)13(18)19/h4-7,11H,3H2,1-2H3,(H,16,17)(H,18,19)(H,20,21)/t7-,11-/m0/s1. The number of rotatable bonds is 6. The Morgan fingerprint density at radius 2 is 1.90 bits per heavy atom. The summed E-state index contributed by atoms with van der Waals surface area (Å²) in [6.45, 7) is 3.40. The molecule has 0 bridgehead atoms. The number of aliphatic carboxylic acids is 1. The molecule has 1 amide bonds. The Balaban J connectivity index is 3.12. The van der Waals surface area contributed by atoms with Crippen LogP contribution in [0.5, 0.6) is 0 Å². The van der Waals surface area contributed by atoms with Crippen LogP contribution in [0.25, 0.3) is 0 Å². The van der Waals surface area contributed by atoms with Crippen molar-refractivity contribution in [3.8, 4) is 0 Å². The molecule has 1 aromatic carbocycles. The van der Waals surface area contributed by atoms with Crippen LogP contribution in [0.4, 0.5) is 4.39 Å². The van der Waals surface area contributed by atoms with Gasteiger partial charge in [-0.2, -0.15) is 0 Å². The van der Waals surface area contributed by atoms with Crippen molar-refractivity contribution >= 4 is 17.8 Å². The van der Waals surface area contributed by atoms with E-state index in [9.17, 15) is 18.8 Å². The van der Waals surface area contributed by atoms with E-state index in [2.05, 4.69) is 5.32 Å². The van der Waals surface area contributed by atoms with Crippen molar-refractivity contribution < 1.29 is 29.0 Å². The summed E-state index contributed by atoms with van der Waals surface area (Å²) >= 11 is 0. The van der Waals surface area contributed by atoms with Gasteiger partial charge in [-0.1, -0.05) is 26.3 Å². The van der Waals surface area contributed by atoms with Crippen molar-refractivity contribution in [2.24, 2.45) is 5.92 Å². The van der Waals surface area contributed by atoms with Gasteiger partial charge in [0.2, 0.25) is 0 Å². The van der Waals surface area contributed by atoms with Gasteiger partial charge in [0.25, 0.3) is 5.91 Å². The number of carbonyl (C=O) groups is 3. The SMILES string of the molecule is CC[C@H](C)[C@H](NC(=O)c1cccc(F)c1C(=O)O)C(=O)O. The zero-order valence-corrected chi connectivity index (χ0v) is 11.6. The third kappa shape index (κ3) is 3.77. The molecule has 21 heavy (non-hydrogen) atoms. The average molecular weight is 297 g/mol. The lowest BCUT2D eigenvalue weighted by molar-refractivity contribution is -0.140. The predicted octanol–water partition coefficient (Wildman–Crippen LogP) is 1.75. The third-order valence-corrected chi connectivity index (χ3v) is 3.24. The van der Waals surface area contributed by atoms with Crippen LogP contribution in [0.3, 0.4) is 0 Å². The zero-order valence-electron chi connectivity index (χ0n) is 11.6. The van der Waals surface area contributed by atoms with Crippen LogP contribution < -0.4 is 5.32 Å². The van der Waals surface area contributed by atoms with Crippen molar-refractivity contribution in [3.05, 3.63) is 35.1 Å². The lowest BCUT2D eigenvalue weighted by Crippen LogP contribution is -2.45. The summed E-state index contributed by atoms with van der Waals surface area (Å²) < 4.78 is 13.5. The van der Waals surface area contributed by atoms with E-state index in [-0.39, 0.29) is 5.92 Å². The fraction of sp³-hybridized carbons (Fsp3) is 0.357. The number of carboxylic acid groups (broad SMARTS) is 2. The average Bonchev–Trinajstić information content (AvgIpc) is 2.42. The van der Waals surface area contributed by atoms with Crippen LogP contribution in [0, 0.1) is 11.7 Å². The zero-order chi connectivity index (χ0) is 16.2. The van der Waals surface area contributed by atoms with Gasteiger partial charge in [0.15, 0.2) is 0 Å². The molecule has 114 valence electrons. The highest BCUT2D eigenvalue weighted by atomic mass is 19.1. The van der Waals surface area contributed by atoms with Crippen molar-refractivity contribution in [2.45, 2.75) is 26.3 Å². The van der Waals surface area contributed by atoms with E-state index in [0.717, 1.165) is 12.1 Å². The van der Waals surface area contributed by atoms with Crippen LogP contribution in [0.15, 0.2) is 18.2 Å². The molecule has 0 radical (unpaired) electrons. The lowest BCUT2D eigenvalue weighted by atomic mass is 9.98. The molecule has 1 rings (SSSR count). The van der Waals surface area contributed by atoms with Crippen molar-refractivity contribution in [1.29, 1.82) is 0 Å². The number of aromatic carboxylic acids is 1. The van der Waals surface area contributed by atoms with Gasteiger partial charge in [0.05, 0.1) is 5.56 Å². The Bertz CT molecular complexity index is 572. The van der Waals surface area contributed by atoms with Crippen molar-refractivity contribution in [1.82, 2.24) is 5.32 Å². The molecule has 0 unspecified atom stereocenters. The minimum atomic E-state index is -1.59. The third-order valence-electron chi connectivity index (χ3n) is 3.24. The second kappa shape index (κ2) is 6.83. The summed E-state index contributed by atoms with van der Waals surface area (Å²) in [6.07, 6.45) is 0.506. The van der Waals surface area contributed by atoms with E-state index in [0.29, 0.717) is 6.42 Å². The molecule has 0 spiro atoms. The fourth-order valence-electron chi connectivity index (χ4n) is 1.83. The first kappa shape index (κ1) is 16.6. The predicted molar refractivity (Wildman–Crippen MR) is 71.7 cm³/mol. The highest BCUT2D eigenvalue weighted by Crippen LogP contribution is 2.15. The molecular weight excluding hydrogens is 281 g/mol. The Morgan fingerprint density at radius 3 is 2.38 bits per heavy atom. The smallest absolute Gasteiger partial charge is 0.339 e. The number of hydrogen-bond donors (Lipinski definition) is 3. The Labute approximate surface area is 120 Å². The number of hydrogen-bond acceptors (Lipinski definition) is 3. The molecule has 0 saturated heterocycles. The van der Waals surface area contributed by atoms with Gasteiger partial charge in [0, 0.05) is 0 Å². The van der Waals surface area contributed by atoms with Gasteiger partial charge in [-0.05, 0) is 18.1 Å². The molecule has 3 N–H and O–H groups in total. The van der Waals surface area contributed by atoms with E-state index in [1.165, 1.54) is 6.07 Å². The minimum absolute atomic E-state index is 0.353. The number of benzene rings is 1. The van der Waals surface area contributed by atoms with Crippen LogP contribution >= 0.6 is 0 Å². The number of nitrogens with one attached hydrogen (secondary N) is 1. The molecule has 0 aromatic heterocycles. The minimum Gasteiger partial charge on any atom is -0.480 e. The molecule has 0 aliphatic carbocycles. The Kier molecular flexibility index (Phi) is 5.40. The summed E-state index contributed by atoms with van der Waals surface area (Å²) in [5, 5.41) is 20.3. The largest absolute Gasteiger partial charge is 0.480 e. The van der Waals surface area contributed by atoms with Gasteiger partial charge in [0.1, 0.15) is 17.4 Å². The molecule has 7 heteroatoms. The molecule has 0 aliphatic heterocycles. The molecule has 1 aromatic rings. The number of carboxylic acids is 2. The maximum absolute atomic E-state index is 13.5. The maximum Gasteiger partial charge on any atom is 0.339 e. The fourth-order valence-corrected chi connectivity index (χ4v) is 1.83. The molecule has 2 atom stereocenters. The van der Waals surface area contributed by atoms with E-state index < -0.39 is 40.8 Å². The van der Waals surface area contributed by atoms with Crippen LogP contribution in [-0.2, 0) is 4.79 Å². The molecule has 0 aliphatic rings. The van der Waals surface area contributed by atoms with Gasteiger partial charge < -0.3 is 15.5 Å². The van der Waals surface area contributed by atoms with Crippen molar-refractivity contribution in [2.75, 3.05) is 0 Å². The normalized spacial score (nSPS) is 13.3. The summed E-state index contributed by atoms with van der Waals surface area (Å²) in [7, 11) is 0. The maximum atomic E-state index is 13.5. The monoisotopic (exact) mass is 297 g/mol. The van der Waals surface area contributed by atoms with E-state index >= 15 is 0 Å². The Morgan fingerprint density at radius 1 is 1.29 bits per heavy atom. The second-order valence-electron chi connectivity index (χ2n) is 4.64. The lowest BCUT2D eigenvalue weighted by Gasteiger charge is -2.20. The topological polar surface area (TPSA) is 104 Å². The van der Waals surface area contributed by atoms with Gasteiger partial charge in [-0.15, -0.1) is 0 Å². The second-order valence-corrected chi connectivity index (χ2v) is 4.64. The molecular formula is C14H16FNO5. The number of amides is 1. The first-order chi connectivity index (χ1) is 9.79. The van der Waals surface area contributed by atoms with Gasteiger partial charge >= 0.3 is 11.9 Å². The summed E-state index contributed by atoms with van der Waals surface area (Å²) in [6, 6.07) is 2.07. The summed E-state index contributed by atoms with van der Waals surface area (Å²) in [5.74, 6) is -5.15. The first-order valence-electron chi connectivity index (χ1n) is 6.35. The molecule has 0 heterocycles. The van der Waals surface area contributed by atoms with E-state index in [1.54, 1.807) is 13.8 Å². The highest BCUT2D eigenvalue weighted by Gasteiger charge is 2.28. The number of halogens is 1.